The van der Waals surface area contributed by atoms with Crippen LogP contribution in [0, 0.1) is 13.8 Å². The van der Waals surface area contributed by atoms with Crippen molar-refractivity contribution in [1.82, 2.24) is 19.7 Å². The number of hydrogen-bond acceptors (Lipinski definition) is 7. The van der Waals surface area contributed by atoms with E-state index in [9.17, 15) is 9.90 Å². The minimum Gasteiger partial charge on any atom is -0.447 e. The molecule has 2 saturated heterocycles. The van der Waals surface area contributed by atoms with E-state index in [2.05, 4.69) is 58.7 Å². The summed E-state index contributed by atoms with van der Waals surface area (Å²) in [5.74, 6) is 0.547. The highest BCUT2D eigenvalue weighted by atomic mass is 16.3. The minimum absolute atomic E-state index is 0.0490. The predicted molar refractivity (Wildman–Crippen MR) is 138 cm³/mol. The van der Waals surface area contributed by atoms with E-state index < -0.39 is 0 Å². The lowest BCUT2D eigenvalue weighted by molar-refractivity contribution is 0.0627. The summed E-state index contributed by atoms with van der Waals surface area (Å²) in [6.07, 6.45) is 4.35. The van der Waals surface area contributed by atoms with Gasteiger partial charge in [-0.2, -0.15) is 0 Å². The summed E-state index contributed by atoms with van der Waals surface area (Å²) in [6, 6.07) is 6.39. The van der Waals surface area contributed by atoms with Gasteiger partial charge in [-0.15, -0.1) is 0 Å². The van der Waals surface area contributed by atoms with Crippen molar-refractivity contribution in [2.45, 2.75) is 52.7 Å². The Labute approximate surface area is 209 Å². The van der Waals surface area contributed by atoms with Gasteiger partial charge in [-0.25, -0.2) is 4.98 Å². The monoisotopic (exact) mass is 483 g/mol. The Morgan fingerprint density at radius 2 is 1.69 bits per heavy atom. The van der Waals surface area contributed by atoms with Gasteiger partial charge in [-0.3, -0.25) is 14.6 Å². The predicted octanol–water partition coefficient (Wildman–Crippen LogP) is 2.92. The van der Waals surface area contributed by atoms with Crippen molar-refractivity contribution in [3.8, 4) is 0 Å². The fourth-order valence-electron chi connectivity index (χ4n) is 5.23. The summed E-state index contributed by atoms with van der Waals surface area (Å²) < 4.78 is 5.67. The molecule has 0 unspecified atom stereocenters. The SMILES string of the molecule is CCCC[C@H](O)CN1CCN(Cc2nc(C(=O)N3CCN(c4c(C)cccc4C)CC3)co2)CC1. The summed E-state index contributed by atoms with van der Waals surface area (Å²) in [6.45, 7) is 14.5. The number of amides is 1. The Bertz CT molecular complexity index is 941. The van der Waals surface area contributed by atoms with Gasteiger partial charge in [-0.1, -0.05) is 38.0 Å². The van der Waals surface area contributed by atoms with Crippen LogP contribution in [0.15, 0.2) is 28.9 Å². The van der Waals surface area contributed by atoms with Gasteiger partial charge in [0, 0.05) is 64.6 Å². The average molecular weight is 484 g/mol. The van der Waals surface area contributed by atoms with Crippen molar-refractivity contribution >= 4 is 11.6 Å². The van der Waals surface area contributed by atoms with Gasteiger partial charge in [0.2, 0.25) is 5.89 Å². The Morgan fingerprint density at radius 3 is 2.34 bits per heavy atom. The zero-order valence-corrected chi connectivity index (χ0v) is 21.6. The molecule has 35 heavy (non-hydrogen) atoms. The van der Waals surface area contributed by atoms with Gasteiger partial charge in [-0.05, 0) is 31.4 Å². The van der Waals surface area contributed by atoms with Crippen LogP contribution in [0.2, 0.25) is 0 Å². The van der Waals surface area contributed by atoms with Crippen molar-refractivity contribution < 1.29 is 14.3 Å². The average Bonchev–Trinajstić information content (AvgIpc) is 3.32. The van der Waals surface area contributed by atoms with Crippen LogP contribution in [0.5, 0.6) is 0 Å². The maximum absolute atomic E-state index is 13.0. The van der Waals surface area contributed by atoms with Crippen molar-refractivity contribution in [1.29, 1.82) is 0 Å². The lowest BCUT2D eigenvalue weighted by Crippen LogP contribution is -2.49. The number of para-hydroxylation sites is 1. The number of benzene rings is 1. The first-order valence-electron chi connectivity index (χ1n) is 13.1. The summed E-state index contributed by atoms with van der Waals surface area (Å²) in [5.41, 5.74) is 4.25. The topological polar surface area (TPSA) is 76.3 Å². The molecule has 1 atom stereocenters. The molecule has 1 N–H and O–H groups in total. The van der Waals surface area contributed by atoms with Crippen LogP contribution in [0.4, 0.5) is 5.69 Å². The second-order valence-corrected chi connectivity index (χ2v) is 10.0. The molecule has 0 bridgehead atoms. The molecule has 2 aliphatic rings. The highest BCUT2D eigenvalue weighted by Crippen LogP contribution is 2.26. The van der Waals surface area contributed by atoms with Crippen LogP contribution in [-0.4, -0.2) is 95.7 Å². The Morgan fingerprint density at radius 1 is 1.03 bits per heavy atom. The smallest absolute Gasteiger partial charge is 0.275 e. The van der Waals surface area contributed by atoms with Crippen LogP contribution >= 0.6 is 0 Å². The maximum Gasteiger partial charge on any atom is 0.275 e. The molecule has 0 saturated carbocycles. The number of aliphatic hydroxyl groups excluding tert-OH is 1. The molecule has 2 aliphatic heterocycles. The zero-order chi connectivity index (χ0) is 24.8. The van der Waals surface area contributed by atoms with Crippen LogP contribution in [0.25, 0.3) is 0 Å². The standard InChI is InChI=1S/C27H41N5O3/c1-4-5-9-23(33)18-29-10-12-30(13-11-29)19-25-28-24(20-35-25)27(34)32-16-14-31(15-17-32)26-21(2)7-6-8-22(26)3/h6-8,20,23,33H,4-5,9-19H2,1-3H3/t23-/m0/s1. The third kappa shape index (κ3) is 6.63. The van der Waals surface area contributed by atoms with E-state index in [1.54, 1.807) is 0 Å². The van der Waals surface area contributed by atoms with Crippen LogP contribution < -0.4 is 4.90 Å². The molecule has 3 heterocycles. The molecule has 192 valence electrons. The molecule has 4 rings (SSSR count). The fraction of sp³-hybridized carbons (Fsp3) is 0.630. The maximum atomic E-state index is 13.0. The molecule has 1 aromatic carbocycles. The first-order valence-corrected chi connectivity index (χ1v) is 13.1. The number of aromatic nitrogens is 1. The Hall–Kier alpha value is -2.42. The third-order valence-electron chi connectivity index (χ3n) is 7.28. The lowest BCUT2D eigenvalue weighted by Gasteiger charge is -2.37. The molecule has 1 amide bonds. The first-order chi connectivity index (χ1) is 16.9. The summed E-state index contributed by atoms with van der Waals surface area (Å²) >= 11 is 0. The van der Waals surface area contributed by atoms with E-state index in [-0.39, 0.29) is 12.0 Å². The van der Waals surface area contributed by atoms with Gasteiger partial charge >= 0.3 is 0 Å². The molecule has 0 aliphatic carbocycles. The number of nitrogens with zero attached hydrogens (tertiary/aromatic N) is 5. The Kier molecular flexibility index (Phi) is 8.81. The molecular weight excluding hydrogens is 442 g/mol. The van der Waals surface area contributed by atoms with Crippen molar-refractivity contribution in [2.24, 2.45) is 0 Å². The summed E-state index contributed by atoms with van der Waals surface area (Å²) in [4.78, 5) is 26.5. The number of carbonyl (C=O) groups is 1. The highest BCUT2D eigenvalue weighted by Gasteiger charge is 2.26. The Balaban J connectivity index is 1.23. The number of anilines is 1. The fourth-order valence-corrected chi connectivity index (χ4v) is 5.23. The van der Waals surface area contributed by atoms with Crippen LogP contribution in [-0.2, 0) is 6.54 Å². The number of β-amino-alcohol motifs (C(OH)–C–C–N with tert-alkyl or cyclic N) is 1. The van der Waals surface area contributed by atoms with E-state index in [4.69, 9.17) is 4.42 Å². The molecule has 0 spiro atoms. The third-order valence-corrected chi connectivity index (χ3v) is 7.28. The van der Waals surface area contributed by atoms with Crippen LogP contribution in [0.3, 0.4) is 0 Å². The number of piperazine rings is 2. The molecule has 1 aromatic heterocycles. The molecule has 8 nitrogen and oxygen atoms in total. The zero-order valence-electron chi connectivity index (χ0n) is 21.6. The van der Waals surface area contributed by atoms with Gasteiger partial charge < -0.3 is 19.3 Å². The van der Waals surface area contributed by atoms with Crippen molar-refractivity contribution in [2.75, 3.05) is 63.8 Å². The second kappa shape index (κ2) is 12.0. The lowest BCUT2D eigenvalue weighted by atomic mass is 10.1. The minimum atomic E-state index is -0.232. The number of aryl methyl sites for hydroxylation is 2. The van der Waals surface area contributed by atoms with Gasteiger partial charge in [0.05, 0.1) is 12.6 Å². The molecule has 2 fully saturated rings. The van der Waals surface area contributed by atoms with E-state index in [1.807, 2.05) is 4.90 Å². The number of carbonyl (C=O) groups excluding carboxylic acids is 1. The van der Waals surface area contributed by atoms with Gasteiger partial charge in [0.15, 0.2) is 5.69 Å². The van der Waals surface area contributed by atoms with Crippen molar-refractivity contribution in [3.63, 3.8) is 0 Å². The second-order valence-electron chi connectivity index (χ2n) is 10.0. The van der Waals surface area contributed by atoms with Gasteiger partial charge in [0.1, 0.15) is 6.26 Å². The van der Waals surface area contributed by atoms with E-state index in [0.29, 0.717) is 31.2 Å². The first kappa shape index (κ1) is 25.7. The van der Waals surface area contributed by atoms with E-state index in [0.717, 1.165) is 65.1 Å². The van der Waals surface area contributed by atoms with Crippen LogP contribution in [0.1, 0.15) is 53.7 Å². The number of rotatable bonds is 9. The number of oxazole rings is 1. The molecule has 0 radical (unpaired) electrons. The summed E-state index contributed by atoms with van der Waals surface area (Å²) in [5, 5.41) is 10.2. The number of hydrogen-bond donors (Lipinski definition) is 1. The van der Waals surface area contributed by atoms with E-state index in [1.165, 1.54) is 23.1 Å². The van der Waals surface area contributed by atoms with Gasteiger partial charge in [0.25, 0.3) is 5.91 Å². The number of aliphatic hydroxyl groups is 1. The molecule has 2 aromatic rings. The van der Waals surface area contributed by atoms with Crippen molar-refractivity contribution in [3.05, 3.63) is 47.2 Å². The molecule has 8 heteroatoms. The normalized spacial score (nSPS) is 18.7. The summed E-state index contributed by atoms with van der Waals surface area (Å²) in [7, 11) is 0. The largest absolute Gasteiger partial charge is 0.447 e. The van der Waals surface area contributed by atoms with E-state index >= 15 is 0 Å². The quantitative estimate of drug-likeness (QED) is 0.588. The molecular formula is C27H41N5O3. The number of unbranched alkanes of at least 4 members (excludes halogenated alkanes) is 1. The highest BCUT2D eigenvalue weighted by molar-refractivity contribution is 5.92.